The van der Waals surface area contributed by atoms with E-state index >= 15 is 0 Å². The quantitative estimate of drug-likeness (QED) is 0.780. The third-order valence-electron chi connectivity index (χ3n) is 4.48. The molecule has 0 saturated heterocycles. The number of rotatable bonds is 8. The molecule has 3 rings (SSSR count). The van der Waals surface area contributed by atoms with Crippen LogP contribution in [-0.4, -0.2) is 19.2 Å². The maximum absolute atomic E-state index is 13.0. The Bertz CT molecular complexity index is 412. The Hall–Kier alpha value is -0.930. The molecule has 1 aromatic carbocycles. The maximum Gasteiger partial charge on any atom is 0.123 e. The fraction of sp³-hybridized carbons (Fsp3) is 0.647. The van der Waals surface area contributed by atoms with Gasteiger partial charge in [-0.2, -0.15) is 0 Å². The number of nitrogens with one attached hydrogen (secondary N) is 1. The second-order valence-corrected chi connectivity index (χ2v) is 6.18. The van der Waals surface area contributed by atoms with Crippen molar-refractivity contribution in [2.45, 2.75) is 50.7 Å². The number of hydrogen-bond donors (Lipinski definition) is 1. The van der Waals surface area contributed by atoms with E-state index < -0.39 is 0 Å². The molecule has 2 aliphatic carbocycles. The molecule has 2 saturated carbocycles. The van der Waals surface area contributed by atoms with Gasteiger partial charge in [0.1, 0.15) is 5.82 Å². The van der Waals surface area contributed by atoms with Crippen LogP contribution in [0.25, 0.3) is 0 Å². The van der Waals surface area contributed by atoms with Crippen LogP contribution in [0, 0.1) is 11.7 Å². The third-order valence-corrected chi connectivity index (χ3v) is 4.48. The van der Waals surface area contributed by atoms with E-state index in [1.807, 2.05) is 12.1 Å². The first kappa shape index (κ1) is 14.0. The van der Waals surface area contributed by atoms with Gasteiger partial charge >= 0.3 is 0 Å². The van der Waals surface area contributed by atoms with Gasteiger partial charge in [0, 0.05) is 19.2 Å². The average Bonchev–Trinajstić information content (AvgIpc) is 3.21. The highest BCUT2D eigenvalue weighted by Gasteiger charge is 2.23. The highest BCUT2D eigenvalue weighted by Crippen LogP contribution is 2.30. The Kier molecular flexibility index (Phi) is 4.69. The lowest BCUT2D eigenvalue weighted by Crippen LogP contribution is -2.26. The predicted octanol–water partition coefficient (Wildman–Crippen LogP) is 3.83. The van der Waals surface area contributed by atoms with Crippen LogP contribution in [0.1, 0.15) is 50.2 Å². The monoisotopic (exact) mass is 277 g/mol. The van der Waals surface area contributed by atoms with E-state index in [1.165, 1.54) is 50.7 Å². The molecule has 0 aromatic heterocycles. The van der Waals surface area contributed by atoms with Gasteiger partial charge in [0.05, 0.1) is 6.10 Å². The largest absolute Gasteiger partial charge is 0.372 e. The minimum Gasteiger partial charge on any atom is -0.372 e. The van der Waals surface area contributed by atoms with Gasteiger partial charge in [0.15, 0.2) is 0 Å². The zero-order chi connectivity index (χ0) is 13.8. The van der Waals surface area contributed by atoms with Gasteiger partial charge in [-0.15, -0.1) is 0 Å². The molecule has 0 bridgehead atoms. The summed E-state index contributed by atoms with van der Waals surface area (Å²) in [5, 5.41) is 3.52. The Balaban J connectivity index is 1.51. The van der Waals surface area contributed by atoms with Crippen molar-refractivity contribution in [3.05, 3.63) is 35.6 Å². The first-order chi connectivity index (χ1) is 9.81. The van der Waals surface area contributed by atoms with E-state index in [2.05, 4.69) is 5.32 Å². The molecule has 0 radical (unpaired) electrons. The molecule has 110 valence electrons. The van der Waals surface area contributed by atoms with Gasteiger partial charge in [-0.1, -0.05) is 31.4 Å². The molecule has 1 N–H and O–H groups in total. The average molecular weight is 277 g/mol. The van der Waals surface area contributed by atoms with Crippen LogP contribution in [0.15, 0.2) is 24.3 Å². The van der Waals surface area contributed by atoms with Crippen molar-refractivity contribution in [2.75, 3.05) is 13.2 Å². The lowest BCUT2D eigenvalue weighted by molar-refractivity contribution is 0.0369. The molecule has 0 aliphatic heterocycles. The Morgan fingerprint density at radius 2 is 1.90 bits per heavy atom. The summed E-state index contributed by atoms with van der Waals surface area (Å²) in [7, 11) is 0. The van der Waals surface area contributed by atoms with Crippen molar-refractivity contribution in [3.8, 4) is 0 Å². The lowest BCUT2D eigenvalue weighted by atomic mass is 9.83. The molecule has 2 aliphatic rings. The van der Waals surface area contributed by atoms with Gasteiger partial charge in [0.2, 0.25) is 0 Å². The van der Waals surface area contributed by atoms with Gasteiger partial charge in [0.25, 0.3) is 0 Å². The lowest BCUT2D eigenvalue weighted by Gasteiger charge is -2.26. The molecular weight excluding hydrogens is 253 g/mol. The first-order valence-electron chi connectivity index (χ1n) is 7.92. The molecule has 2 fully saturated rings. The zero-order valence-electron chi connectivity index (χ0n) is 12.0. The van der Waals surface area contributed by atoms with Gasteiger partial charge in [-0.25, -0.2) is 4.39 Å². The van der Waals surface area contributed by atoms with Crippen LogP contribution in [0.3, 0.4) is 0 Å². The SMILES string of the molecule is Fc1ccc(C(CNC2CC2)OCCC2CCC2)cc1. The molecular formula is C17H24FNO. The molecule has 1 aromatic rings. The molecule has 0 amide bonds. The molecule has 0 spiro atoms. The van der Waals surface area contributed by atoms with Crippen molar-refractivity contribution in [1.29, 1.82) is 0 Å². The van der Waals surface area contributed by atoms with E-state index in [0.29, 0.717) is 6.04 Å². The number of ether oxygens (including phenoxy) is 1. The first-order valence-corrected chi connectivity index (χ1v) is 7.92. The number of hydrogen-bond acceptors (Lipinski definition) is 2. The van der Waals surface area contributed by atoms with Crippen molar-refractivity contribution >= 4 is 0 Å². The Morgan fingerprint density at radius 3 is 2.50 bits per heavy atom. The van der Waals surface area contributed by atoms with Crippen LogP contribution in [0.4, 0.5) is 4.39 Å². The minimum atomic E-state index is -0.183. The fourth-order valence-electron chi connectivity index (χ4n) is 2.67. The molecule has 1 unspecified atom stereocenters. The summed E-state index contributed by atoms with van der Waals surface area (Å²) in [6.45, 7) is 1.65. The van der Waals surface area contributed by atoms with Crippen molar-refractivity contribution in [1.82, 2.24) is 5.32 Å². The van der Waals surface area contributed by atoms with Crippen LogP contribution in [0.5, 0.6) is 0 Å². The number of benzene rings is 1. The van der Waals surface area contributed by atoms with Crippen molar-refractivity contribution in [2.24, 2.45) is 5.92 Å². The van der Waals surface area contributed by atoms with E-state index in [-0.39, 0.29) is 11.9 Å². The fourth-order valence-corrected chi connectivity index (χ4v) is 2.67. The smallest absolute Gasteiger partial charge is 0.123 e. The van der Waals surface area contributed by atoms with E-state index in [9.17, 15) is 4.39 Å². The van der Waals surface area contributed by atoms with Crippen LogP contribution in [-0.2, 0) is 4.74 Å². The summed E-state index contributed by atoms with van der Waals surface area (Å²) < 4.78 is 19.1. The van der Waals surface area contributed by atoms with E-state index in [0.717, 1.165) is 24.6 Å². The molecule has 0 heterocycles. The summed E-state index contributed by atoms with van der Waals surface area (Å²) in [6.07, 6.45) is 7.89. The predicted molar refractivity (Wildman–Crippen MR) is 78.1 cm³/mol. The third kappa shape index (κ3) is 4.03. The maximum atomic E-state index is 13.0. The second-order valence-electron chi connectivity index (χ2n) is 6.18. The molecule has 1 atom stereocenters. The van der Waals surface area contributed by atoms with Gasteiger partial charge in [-0.05, 0) is 42.9 Å². The van der Waals surface area contributed by atoms with Crippen LogP contribution >= 0.6 is 0 Å². The molecule has 2 nitrogen and oxygen atoms in total. The summed E-state index contributed by atoms with van der Waals surface area (Å²) >= 11 is 0. The number of halogens is 1. The van der Waals surface area contributed by atoms with Crippen LogP contribution in [0.2, 0.25) is 0 Å². The van der Waals surface area contributed by atoms with Gasteiger partial charge < -0.3 is 10.1 Å². The highest BCUT2D eigenvalue weighted by atomic mass is 19.1. The highest BCUT2D eigenvalue weighted by molar-refractivity contribution is 5.19. The van der Waals surface area contributed by atoms with Crippen molar-refractivity contribution < 1.29 is 9.13 Å². The van der Waals surface area contributed by atoms with Crippen LogP contribution < -0.4 is 5.32 Å². The standard InChI is InChI=1S/C17H24FNO/c18-15-6-4-14(5-7-15)17(12-19-16-8-9-16)20-11-10-13-2-1-3-13/h4-7,13,16-17,19H,1-3,8-12H2. The van der Waals surface area contributed by atoms with E-state index in [4.69, 9.17) is 4.74 Å². The minimum absolute atomic E-state index is 0.0521. The van der Waals surface area contributed by atoms with Gasteiger partial charge in [-0.3, -0.25) is 0 Å². The van der Waals surface area contributed by atoms with E-state index in [1.54, 1.807) is 0 Å². The Morgan fingerprint density at radius 1 is 1.15 bits per heavy atom. The summed E-state index contributed by atoms with van der Waals surface area (Å²) in [5.74, 6) is 0.692. The Labute approximate surface area is 120 Å². The normalized spacial score (nSPS) is 20.6. The molecule has 20 heavy (non-hydrogen) atoms. The second kappa shape index (κ2) is 6.68. The topological polar surface area (TPSA) is 21.3 Å². The van der Waals surface area contributed by atoms with Crippen molar-refractivity contribution in [3.63, 3.8) is 0 Å². The summed E-state index contributed by atoms with van der Waals surface area (Å²) in [6, 6.07) is 7.41. The zero-order valence-corrected chi connectivity index (χ0v) is 12.0. The molecule has 3 heteroatoms. The summed E-state index contributed by atoms with van der Waals surface area (Å²) in [4.78, 5) is 0. The summed E-state index contributed by atoms with van der Waals surface area (Å²) in [5.41, 5.74) is 1.08.